The summed E-state index contributed by atoms with van der Waals surface area (Å²) in [7, 11) is 0. The number of fused-ring (bicyclic) bond motifs is 1. The van der Waals surface area contributed by atoms with Crippen molar-refractivity contribution < 1.29 is 4.79 Å². The van der Waals surface area contributed by atoms with Crippen molar-refractivity contribution in [1.82, 2.24) is 15.2 Å². The van der Waals surface area contributed by atoms with Crippen molar-refractivity contribution in [3.8, 4) is 0 Å². The molecule has 0 radical (unpaired) electrons. The summed E-state index contributed by atoms with van der Waals surface area (Å²) in [6.07, 6.45) is 4.41. The summed E-state index contributed by atoms with van der Waals surface area (Å²) in [5.74, 6) is 5.08. The number of hydrogen-bond acceptors (Lipinski definition) is 3. The number of aryl methyl sites for hydroxylation is 1. The quantitative estimate of drug-likeness (QED) is 0.408. The van der Waals surface area contributed by atoms with Gasteiger partial charge in [0.15, 0.2) is 0 Å². The standard InChI is InChI=1S/C10H16N4O/c1-2-14-9-4-3-7(10(15)13-11)5-8(9)6-12-14/h6-7H,2-5,11H2,1H3,(H,13,15)/t7-/m1/s1. The van der Waals surface area contributed by atoms with Crippen LogP contribution in [0, 0.1) is 5.92 Å². The zero-order chi connectivity index (χ0) is 10.8. The molecule has 0 fully saturated rings. The summed E-state index contributed by atoms with van der Waals surface area (Å²) >= 11 is 0. The highest BCUT2D eigenvalue weighted by molar-refractivity contribution is 5.78. The van der Waals surface area contributed by atoms with Crippen molar-refractivity contribution in [3.63, 3.8) is 0 Å². The molecule has 0 unspecified atom stereocenters. The number of hydrazine groups is 1. The van der Waals surface area contributed by atoms with Crippen molar-refractivity contribution in [2.24, 2.45) is 11.8 Å². The average Bonchev–Trinajstić information content (AvgIpc) is 2.69. The van der Waals surface area contributed by atoms with E-state index in [0.717, 1.165) is 25.8 Å². The molecule has 2 rings (SSSR count). The van der Waals surface area contributed by atoms with Gasteiger partial charge in [-0.3, -0.25) is 14.9 Å². The number of carbonyl (C=O) groups is 1. The Morgan fingerprint density at radius 1 is 1.80 bits per heavy atom. The van der Waals surface area contributed by atoms with Crippen LogP contribution < -0.4 is 11.3 Å². The van der Waals surface area contributed by atoms with E-state index in [1.807, 2.05) is 10.9 Å². The summed E-state index contributed by atoms with van der Waals surface area (Å²) in [4.78, 5) is 11.4. The molecule has 1 atom stereocenters. The molecule has 0 spiro atoms. The molecule has 0 bridgehead atoms. The lowest BCUT2D eigenvalue weighted by molar-refractivity contribution is -0.125. The Kier molecular flexibility index (Phi) is 2.73. The predicted octanol–water partition coefficient (Wildman–Crippen LogP) is -0.00220. The molecule has 5 nitrogen and oxygen atoms in total. The number of amides is 1. The van der Waals surface area contributed by atoms with Crippen molar-refractivity contribution in [3.05, 3.63) is 17.5 Å². The van der Waals surface area contributed by atoms with Gasteiger partial charge in [-0.05, 0) is 31.7 Å². The van der Waals surface area contributed by atoms with Gasteiger partial charge >= 0.3 is 0 Å². The minimum atomic E-state index is -0.0649. The molecule has 15 heavy (non-hydrogen) atoms. The van der Waals surface area contributed by atoms with Crippen LogP contribution in [0.25, 0.3) is 0 Å². The predicted molar refractivity (Wildman–Crippen MR) is 55.7 cm³/mol. The van der Waals surface area contributed by atoms with Crippen LogP contribution >= 0.6 is 0 Å². The van der Waals surface area contributed by atoms with Crippen LogP contribution in [-0.2, 0) is 24.2 Å². The minimum Gasteiger partial charge on any atom is -0.294 e. The first-order valence-corrected chi connectivity index (χ1v) is 5.30. The second-order valence-electron chi connectivity index (χ2n) is 3.88. The first kappa shape index (κ1) is 10.2. The summed E-state index contributed by atoms with van der Waals surface area (Å²) in [5, 5.41) is 4.29. The molecule has 0 saturated heterocycles. The lowest BCUT2D eigenvalue weighted by Gasteiger charge is -2.21. The van der Waals surface area contributed by atoms with Crippen molar-refractivity contribution in [1.29, 1.82) is 0 Å². The zero-order valence-electron chi connectivity index (χ0n) is 8.86. The van der Waals surface area contributed by atoms with Gasteiger partial charge in [0.1, 0.15) is 0 Å². The van der Waals surface area contributed by atoms with Crippen LogP contribution in [0.3, 0.4) is 0 Å². The number of nitrogens with one attached hydrogen (secondary N) is 1. The Labute approximate surface area is 88.6 Å². The van der Waals surface area contributed by atoms with E-state index in [4.69, 9.17) is 5.84 Å². The third-order valence-corrected chi connectivity index (χ3v) is 3.04. The molecule has 1 amide bonds. The van der Waals surface area contributed by atoms with E-state index in [2.05, 4.69) is 17.4 Å². The van der Waals surface area contributed by atoms with Crippen LogP contribution in [0.15, 0.2) is 6.20 Å². The van der Waals surface area contributed by atoms with Crippen LogP contribution in [0.2, 0.25) is 0 Å². The summed E-state index contributed by atoms with van der Waals surface area (Å²) < 4.78 is 2.01. The highest BCUT2D eigenvalue weighted by Crippen LogP contribution is 2.25. The van der Waals surface area contributed by atoms with Gasteiger partial charge in [-0.1, -0.05) is 0 Å². The van der Waals surface area contributed by atoms with E-state index in [9.17, 15) is 4.79 Å². The molecule has 5 heteroatoms. The second-order valence-corrected chi connectivity index (χ2v) is 3.88. The maximum absolute atomic E-state index is 11.4. The third kappa shape index (κ3) is 1.74. The normalized spacial score (nSPS) is 19.7. The maximum atomic E-state index is 11.4. The third-order valence-electron chi connectivity index (χ3n) is 3.04. The Hall–Kier alpha value is -1.36. The fraction of sp³-hybridized carbons (Fsp3) is 0.600. The lowest BCUT2D eigenvalue weighted by atomic mass is 9.87. The first-order chi connectivity index (χ1) is 7.26. The van der Waals surface area contributed by atoms with E-state index >= 15 is 0 Å². The van der Waals surface area contributed by atoms with Crippen molar-refractivity contribution in [2.45, 2.75) is 32.7 Å². The Bertz CT molecular complexity index is 371. The van der Waals surface area contributed by atoms with Crippen LogP contribution in [0.4, 0.5) is 0 Å². The first-order valence-electron chi connectivity index (χ1n) is 5.30. The fourth-order valence-corrected chi connectivity index (χ4v) is 2.20. The molecule has 1 heterocycles. The second kappa shape index (κ2) is 4.02. The Morgan fingerprint density at radius 2 is 2.60 bits per heavy atom. The number of carbonyl (C=O) groups excluding carboxylic acids is 1. The van der Waals surface area contributed by atoms with Gasteiger partial charge in [0.2, 0.25) is 5.91 Å². The van der Waals surface area contributed by atoms with Gasteiger partial charge in [0, 0.05) is 18.2 Å². The average molecular weight is 208 g/mol. The zero-order valence-corrected chi connectivity index (χ0v) is 8.86. The molecule has 1 aliphatic rings. The van der Waals surface area contributed by atoms with Gasteiger partial charge < -0.3 is 0 Å². The van der Waals surface area contributed by atoms with Gasteiger partial charge in [0.05, 0.1) is 6.20 Å². The largest absolute Gasteiger partial charge is 0.294 e. The lowest BCUT2D eigenvalue weighted by Crippen LogP contribution is -2.38. The fourth-order valence-electron chi connectivity index (χ4n) is 2.20. The van der Waals surface area contributed by atoms with Crippen molar-refractivity contribution in [2.75, 3.05) is 0 Å². The van der Waals surface area contributed by atoms with E-state index in [0.29, 0.717) is 0 Å². The number of nitrogens with two attached hydrogens (primary N) is 1. The molecule has 0 aliphatic heterocycles. The van der Waals surface area contributed by atoms with E-state index in [1.54, 1.807) is 0 Å². The molecular formula is C10H16N4O. The van der Waals surface area contributed by atoms with Gasteiger partial charge in [0.25, 0.3) is 0 Å². The summed E-state index contributed by atoms with van der Waals surface area (Å²) in [6, 6.07) is 0. The molecule has 1 aliphatic carbocycles. The van der Waals surface area contributed by atoms with Gasteiger partial charge in [-0.2, -0.15) is 5.10 Å². The van der Waals surface area contributed by atoms with Crippen LogP contribution in [0.1, 0.15) is 24.6 Å². The maximum Gasteiger partial charge on any atom is 0.237 e. The monoisotopic (exact) mass is 208 g/mol. The molecule has 82 valence electrons. The van der Waals surface area contributed by atoms with E-state index in [1.165, 1.54) is 11.3 Å². The highest BCUT2D eigenvalue weighted by atomic mass is 16.2. The topological polar surface area (TPSA) is 72.9 Å². The number of hydrogen-bond donors (Lipinski definition) is 2. The molecule has 1 aromatic heterocycles. The van der Waals surface area contributed by atoms with Crippen LogP contribution in [-0.4, -0.2) is 15.7 Å². The SMILES string of the molecule is CCn1ncc2c1CC[C@@H](C(=O)NN)C2. The molecule has 1 aromatic rings. The molecule has 0 aromatic carbocycles. The van der Waals surface area contributed by atoms with Crippen LogP contribution in [0.5, 0.6) is 0 Å². The number of nitrogens with zero attached hydrogens (tertiary/aromatic N) is 2. The van der Waals surface area contributed by atoms with Gasteiger partial charge in [-0.25, -0.2) is 5.84 Å². The minimum absolute atomic E-state index is 0.0111. The van der Waals surface area contributed by atoms with Gasteiger partial charge in [-0.15, -0.1) is 0 Å². The van der Waals surface area contributed by atoms with Crippen molar-refractivity contribution >= 4 is 5.91 Å². The Morgan fingerprint density at radius 3 is 3.27 bits per heavy atom. The summed E-state index contributed by atoms with van der Waals surface area (Å²) in [5.41, 5.74) is 4.69. The smallest absolute Gasteiger partial charge is 0.237 e. The number of aromatic nitrogens is 2. The highest BCUT2D eigenvalue weighted by Gasteiger charge is 2.26. The number of rotatable bonds is 2. The van der Waals surface area contributed by atoms with E-state index < -0.39 is 0 Å². The van der Waals surface area contributed by atoms with E-state index in [-0.39, 0.29) is 11.8 Å². The molecule has 3 N–H and O–H groups in total. The molecule has 0 saturated carbocycles. The molecular weight excluding hydrogens is 192 g/mol. The Balaban J connectivity index is 2.17. The summed E-state index contributed by atoms with van der Waals surface area (Å²) in [6.45, 7) is 2.97.